The third-order valence-electron chi connectivity index (χ3n) is 2.65. The molecular weight excluding hydrogens is 280 g/mol. The molecule has 0 aliphatic heterocycles. The van der Waals surface area contributed by atoms with Gasteiger partial charge in [0.1, 0.15) is 0 Å². The summed E-state index contributed by atoms with van der Waals surface area (Å²) in [6.07, 6.45) is 0. The highest BCUT2D eigenvalue weighted by molar-refractivity contribution is 9.10. The average Bonchev–Trinajstić information content (AvgIpc) is 2.30. The van der Waals surface area contributed by atoms with Gasteiger partial charge >= 0.3 is 5.97 Å². The lowest BCUT2D eigenvalue weighted by Crippen LogP contribution is -1.99. The first-order valence-corrected chi connectivity index (χ1v) is 5.98. The van der Waals surface area contributed by atoms with Crippen LogP contribution in [0.25, 0.3) is 11.1 Å². The molecule has 0 bridgehead atoms. The number of aromatic carboxylic acids is 1. The molecule has 2 aromatic carbocycles. The highest BCUT2D eigenvalue weighted by atomic mass is 79.9. The number of hydrogen-bond donors (Lipinski definition) is 1. The standard InChI is InChI=1S/C14H11BrO2/c1-9-6-7-10(8-12(9)14(16)17)11-4-2-3-5-13(11)15/h2-8H,1H3,(H,16,17). The smallest absolute Gasteiger partial charge is 0.335 e. The van der Waals surface area contributed by atoms with Gasteiger partial charge in [0, 0.05) is 4.47 Å². The van der Waals surface area contributed by atoms with Crippen molar-refractivity contribution in [3.05, 3.63) is 58.1 Å². The zero-order valence-electron chi connectivity index (χ0n) is 9.27. The molecule has 0 aliphatic carbocycles. The Bertz CT molecular complexity index is 576. The maximum absolute atomic E-state index is 11.1. The van der Waals surface area contributed by atoms with Crippen molar-refractivity contribution in [2.75, 3.05) is 0 Å². The van der Waals surface area contributed by atoms with Crippen molar-refractivity contribution >= 4 is 21.9 Å². The van der Waals surface area contributed by atoms with Crippen molar-refractivity contribution in [2.45, 2.75) is 6.92 Å². The molecule has 0 heterocycles. The molecule has 0 radical (unpaired) electrons. The summed E-state index contributed by atoms with van der Waals surface area (Å²) in [6, 6.07) is 13.2. The summed E-state index contributed by atoms with van der Waals surface area (Å²) in [5.74, 6) is -0.892. The fourth-order valence-corrected chi connectivity index (χ4v) is 2.23. The summed E-state index contributed by atoms with van der Waals surface area (Å²) in [7, 11) is 0. The second-order valence-corrected chi connectivity index (χ2v) is 4.67. The van der Waals surface area contributed by atoms with Crippen LogP contribution in [0.5, 0.6) is 0 Å². The Hall–Kier alpha value is -1.61. The van der Waals surface area contributed by atoms with E-state index in [2.05, 4.69) is 15.9 Å². The minimum Gasteiger partial charge on any atom is -0.478 e. The van der Waals surface area contributed by atoms with Crippen LogP contribution in [-0.2, 0) is 0 Å². The van der Waals surface area contributed by atoms with E-state index in [-0.39, 0.29) is 0 Å². The summed E-state index contributed by atoms with van der Waals surface area (Å²) < 4.78 is 0.959. The van der Waals surface area contributed by atoms with Crippen LogP contribution in [0.4, 0.5) is 0 Å². The first-order valence-electron chi connectivity index (χ1n) is 5.18. The van der Waals surface area contributed by atoms with Gasteiger partial charge in [-0.1, -0.05) is 46.3 Å². The molecule has 0 fully saturated rings. The Balaban J connectivity index is 2.58. The molecule has 0 saturated heterocycles. The zero-order valence-corrected chi connectivity index (χ0v) is 10.9. The SMILES string of the molecule is Cc1ccc(-c2ccccc2Br)cc1C(=O)O. The molecule has 3 heteroatoms. The number of carbonyl (C=O) groups is 1. The average molecular weight is 291 g/mol. The van der Waals surface area contributed by atoms with Crippen molar-refractivity contribution in [1.29, 1.82) is 0 Å². The number of halogens is 1. The van der Waals surface area contributed by atoms with Gasteiger partial charge < -0.3 is 5.11 Å². The van der Waals surface area contributed by atoms with E-state index < -0.39 is 5.97 Å². The van der Waals surface area contributed by atoms with Crippen LogP contribution in [0.3, 0.4) is 0 Å². The van der Waals surface area contributed by atoms with E-state index in [4.69, 9.17) is 5.11 Å². The van der Waals surface area contributed by atoms with Crippen LogP contribution in [0.1, 0.15) is 15.9 Å². The summed E-state index contributed by atoms with van der Waals surface area (Å²) in [5.41, 5.74) is 3.02. The van der Waals surface area contributed by atoms with Gasteiger partial charge in [-0.2, -0.15) is 0 Å². The molecule has 0 saturated carbocycles. The first-order chi connectivity index (χ1) is 8.09. The van der Waals surface area contributed by atoms with Crippen LogP contribution in [-0.4, -0.2) is 11.1 Å². The summed E-state index contributed by atoms with van der Waals surface area (Å²) in [4.78, 5) is 11.1. The van der Waals surface area contributed by atoms with Gasteiger partial charge in [-0.3, -0.25) is 0 Å². The first kappa shape index (κ1) is 11.9. The van der Waals surface area contributed by atoms with Gasteiger partial charge in [0.05, 0.1) is 5.56 Å². The van der Waals surface area contributed by atoms with Gasteiger partial charge in [0.25, 0.3) is 0 Å². The molecule has 0 atom stereocenters. The monoisotopic (exact) mass is 290 g/mol. The van der Waals surface area contributed by atoms with E-state index >= 15 is 0 Å². The lowest BCUT2D eigenvalue weighted by molar-refractivity contribution is 0.0696. The van der Waals surface area contributed by atoms with Crippen LogP contribution in [0.15, 0.2) is 46.9 Å². The number of carboxylic acid groups (broad SMARTS) is 1. The predicted molar refractivity (Wildman–Crippen MR) is 71.3 cm³/mol. The summed E-state index contributed by atoms with van der Waals surface area (Å²) >= 11 is 3.47. The predicted octanol–water partition coefficient (Wildman–Crippen LogP) is 4.12. The second-order valence-electron chi connectivity index (χ2n) is 3.81. The normalized spacial score (nSPS) is 10.2. The Labute approximate surface area is 108 Å². The topological polar surface area (TPSA) is 37.3 Å². The molecule has 0 spiro atoms. The molecule has 1 N–H and O–H groups in total. The van der Waals surface area contributed by atoms with E-state index in [0.717, 1.165) is 21.2 Å². The maximum atomic E-state index is 11.1. The minimum atomic E-state index is -0.892. The third-order valence-corrected chi connectivity index (χ3v) is 3.34. The molecule has 0 aliphatic rings. The zero-order chi connectivity index (χ0) is 12.4. The molecular formula is C14H11BrO2. The van der Waals surface area contributed by atoms with E-state index in [9.17, 15) is 4.79 Å². The van der Waals surface area contributed by atoms with Gasteiger partial charge in [-0.25, -0.2) is 4.79 Å². The molecule has 2 aromatic rings. The van der Waals surface area contributed by atoms with Crippen molar-refractivity contribution < 1.29 is 9.90 Å². The lowest BCUT2D eigenvalue weighted by Gasteiger charge is -2.07. The van der Waals surface area contributed by atoms with E-state index in [0.29, 0.717) is 5.56 Å². The van der Waals surface area contributed by atoms with Crippen LogP contribution in [0, 0.1) is 6.92 Å². The third kappa shape index (κ3) is 2.39. The van der Waals surface area contributed by atoms with Gasteiger partial charge in [0.15, 0.2) is 0 Å². The number of benzene rings is 2. The highest BCUT2D eigenvalue weighted by Crippen LogP contribution is 2.29. The van der Waals surface area contributed by atoms with Crippen molar-refractivity contribution in [3.63, 3.8) is 0 Å². The largest absolute Gasteiger partial charge is 0.478 e. The van der Waals surface area contributed by atoms with Crippen molar-refractivity contribution in [2.24, 2.45) is 0 Å². The fourth-order valence-electron chi connectivity index (χ4n) is 1.72. The Morgan fingerprint density at radius 3 is 2.53 bits per heavy atom. The Morgan fingerprint density at radius 1 is 1.18 bits per heavy atom. The van der Waals surface area contributed by atoms with Crippen LogP contribution in [0.2, 0.25) is 0 Å². The maximum Gasteiger partial charge on any atom is 0.335 e. The fraction of sp³-hybridized carbons (Fsp3) is 0.0714. The molecule has 17 heavy (non-hydrogen) atoms. The number of aryl methyl sites for hydroxylation is 1. The van der Waals surface area contributed by atoms with Gasteiger partial charge in [-0.15, -0.1) is 0 Å². The lowest BCUT2D eigenvalue weighted by atomic mass is 10.00. The van der Waals surface area contributed by atoms with Crippen LogP contribution >= 0.6 is 15.9 Å². The number of hydrogen-bond acceptors (Lipinski definition) is 1. The molecule has 0 aromatic heterocycles. The van der Waals surface area contributed by atoms with Gasteiger partial charge in [-0.05, 0) is 35.7 Å². The molecule has 2 rings (SSSR count). The van der Waals surface area contributed by atoms with Gasteiger partial charge in [0.2, 0.25) is 0 Å². The number of rotatable bonds is 2. The molecule has 0 unspecified atom stereocenters. The Morgan fingerprint density at radius 2 is 1.88 bits per heavy atom. The number of carboxylic acids is 1. The van der Waals surface area contributed by atoms with Crippen molar-refractivity contribution in [3.8, 4) is 11.1 Å². The minimum absolute atomic E-state index is 0.346. The van der Waals surface area contributed by atoms with Crippen molar-refractivity contribution in [1.82, 2.24) is 0 Å². The summed E-state index contributed by atoms with van der Waals surface area (Å²) in [6.45, 7) is 1.80. The quantitative estimate of drug-likeness (QED) is 0.903. The molecule has 0 amide bonds. The summed E-state index contributed by atoms with van der Waals surface area (Å²) in [5, 5.41) is 9.09. The Kier molecular flexibility index (Phi) is 3.29. The van der Waals surface area contributed by atoms with Crippen LogP contribution < -0.4 is 0 Å². The molecule has 86 valence electrons. The van der Waals surface area contributed by atoms with E-state index in [1.165, 1.54) is 0 Å². The second kappa shape index (κ2) is 4.72. The van der Waals surface area contributed by atoms with E-state index in [1.807, 2.05) is 36.4 Å². The molecule has 2 nitrogen and oxygen atoms in total. The van der Waals surface area contributed by atoms with E-state index in [1.54, 1.807) is 13.0 Å². The highest BCUT2D eigenvalue weighted by Gasteiger charge is 2.09.